The van der Waals surface area contributed by atoms with Crippen LogP contribution in [0.2, 0.25) is 5.28 Å². The third-order valence-electron chi connectivity index (χ3n) is 3.20. The summed E-state index contributed by atoms with van der Waals surface area (Å²) in [6.45, 7) is 2.13. The van der Waals surface area contributed by atoms with Crippen molar-refractivity contribution in [2.24, 2.45) is 0 Å². The largest absolute Gasteiger partial charge is 0.363 e. The van der Waals surface area contributed by atoms with E-state index in [0.29, 0.717) is 11.5 Å². The number of fused-ring (bicyclic) bond motifs is 1. The molecule has 0 saturated heterocycles. The molecule has 1 atom stereocenters. The third kappa shape index (κ3) is 2.44. The van der Waals surface area contributed by atoms with E-state index >= 15 is 0 Å². The van der Waals surface area contributed by atoms with E-state index in [2.05, 4.69) is 44.5 Å². The van der Waals surface area contributed by atoms with Gasteiger partial charge in [0, 0.05) is 0 Å². The number of rotatable bonds is 4. The van der Waals surface area contributed by atoms with Crippen LogP contribution in [0.5, 0.6) is 0 Å². The molecule has 0 amide bonds. The molecule has 0 bridgehead atoms. The van der Waals surface area contributed by atoms with Gasteiger partial charge in [-0.3, -0.25) is 5.10 Å². The molecular formula is C14H14ClN5. The minimum atomic E-state index is 0.167. The van der Waals surface area contributed by atoms with Crippen LogP contribution in [0.3, 0.4) is 0 Å². The lowest BCUT2D eigenvalue weighted by Gasteiger charge is -2.18. The normalized spacial score (nSPS) is 12.5. The van der Waals surface area contributed by atoms with Gasteiger partial charge in [0.15, 0.2) is 5.65 Å². The number of hydrogen-bond acceptors (Lipinski definition) is 4. The molecule has 1 unspecified atom stereocenters. The maximum atomic E-state index is 5.94. The first-order valence-electron chi connectivity index (χ1n) is 6.46. The van der Waals surface area contributed by atoms with E-state index in [0.717, 1.165) is 11.8 Å². The molecule has 2 aromatic heterocycles. The van der Waals surface area contributed by atoms with Crippen molar-refractivity contribution in [2.75, 3.05) is 5.32 Å². The fraction of sp³-hybridized carbons (Fsp3) is 0.214. The zero-order chi connectivity index (χ0) is 13.9. The van der Waals surface area contributed by atoms with Gasteiger partial charge in [-0.25, -0.2) is 0 Å². The quantitative estimate of drug-likeness (QED) is 0.720. The van der Waals surface area contributed by atoms with E-state index in [1.165, 1.54) is 5.56 Å². The Labute approximate surface area is 121 Å². The maximum absolute atomic E-state index is 5.94. The molecule has 2 heterocycles. The molecule has 6 heteroatoms. The van der Waals surface area contributed by atoms with Crippen molar-refractivity contribution in [3.8, 4) is 0 Å². The standard InChI is InChI=1S/C14H14ClN5/c1-2-11(9-6-4-3-5-7-9)17-12-10-8-16-20-13(10)19-14(15)18-12/h3-8,11H,2H2,1H3,(H2,16,17,18,19,20). The number of benzene rings is 1. The summed E-state index contributed by atoms with van der Waals surface area (Å²) in [4.78, 5) is 8.37. The zero-order valence-electron chi connectivity index (χ0n) is 11.0. The van der Waals surface area contributed by atoms with Gasteiger partial charge in [-0.1, -0.05) is 37.3 Å². The number of nitrogens with one attached hydrogen (secondary N) is 2. The smallest absolute Gasteiger partial charge is 0.226 e. The number of hydrogen-bond donors (Lipinski definition) is 2. The summed E-state index contributed by atoms with van der Waals surface area (Å²) >= 11 is 5.94. The monoisotopic (exact) mass is 287 g/mol. The SMILES string of the molecule is CCC(Nc1nc(Cl)nc2[nH]ncc12)c1ccccc1. The van der Waals surface area contributed by atoms with Gasteiger partial charge in [0.1, 0.15) is 5.82 Å². The Kier molecular flexibility index (Phi) is 3.52. The lowest BCUT2D eigenvalue weighted by atomic mass is 10.0. The topological polar surface area (TPSA) is 66.5 Å². The molecule has 0 aliphatic carbocycles. The predicted molar refractivity (Wildman–Crippen MR) is 79.8 cm³/mol. The highest BCUT2D eigenvalue weighted by Gasteiger charge is 2.14. The van der Waals surface area contributed by atoms with Gasteiger partial charge in [-0.15, -0.1) is 0 Å². The van der Waals surface area contributed by atoms with Crippen molar-refractivity contribution in [3.63, 3.8) is 0 Å². The molecule has 0 fully saturated rings. The first-order chi connectivity index (χ1) is 9.78. The van der Waals surface area contributed by atoms with Gasteiger partial charge in [0.25, 0.3) is 0 Å². The van der Waals surface area contributed by atoms with Gasteiger partial charge in [0.2, 0.25) is 5.28 Å². The molecule has 20 heavy (non-hydrogen) atoms. The second-order valence-electron chi connectivity index (χ2n) is 4.49. The molecule has 0 aliphatic rings. The van der Waals surface area contributed by atoms with Crippen LogP contribution < -0.4 is 5.32 Å². The fourth-order valence-corrected chi connectivity index (χ4v) is 2.36. The maximum Gasteiger partial charge on any atom is 0.226 e. The van der Waals surface area contributed by atoms with Gasteiger partial charge in [-0.2, -0.15) is 15.1 Å². The number of nitrogens with zero attached hydrogens (tertiary/aromatic N) is 3. The zero-order valence-corrected chi connectivity index (χ0v) is 11.7. The first-order valence-corrected chi connectivity index (χ1v) is 6.84. The number of H-pyrrole nitrogens is 1. The second kappa shape index (κ2) is 5.46. The molecule has 5 nitrogen and oxygen atoms in total. The van der Waals surface area contributed by atoms with E-state index in [9.17, 15) is 0 Å². The average Bonchev–Trinajstić information content (AvgIpc) is 2.93. The van der Waals surface area contributed by atoms with Gasteiger partial charge >= 0.3 is 0 Å². The highest BCUT2D eigenvalue weighted by Crippen LogP contribution is 2.26. The first kappa shape index (κ1) is 12.9. The van der Waals surface area contributed by atoms with E-state index in [1.807, 2.05) is 18.2 Å². The van der Waals surface area contributed by atoms with Crippen LogP contribution >= 0.6 is 11.6 Å². The van der Waals surface area contributed by atoms with E-state index in [4.69, 9.17) is 11.6 Å². The lowest BCUT2D eigenvalue weighted by molar-refractivity contribution is 0.745. The molecule has 102 valence electrons. The summed E-state index contributed by atoms with van der Waals surface area (Å²) in [6, 6.07) is 10.4. The van der Waals surface area contributed by atoms with Crippen LogP contribution in [0.25, 0.3) is 11.0 Å². The summed E-state index contributed by atoms with van der Waals surface area (Å²) in [5.74, 6) is 0.699. The van der Waals surface area contributed by atoms with Crippen molar-refractivity contribution < 1.29 is 0 Å². The number of halogens is 1. The molecule has 2 N–H and O–H groups in total. The van der Waals surface area contributed by atoms with Crippen LogP contribution in [-0.4, -0.2) is 20.2 Å². The lowest BCUT2D eigenvalue weighted by Crippen LogP contribution is -2.11. The number of aromatic amines is 1. The number of aromatic nitrogens is 4. The second-order valence-corrected chi connectivity index (χ2v) is 4.83. The molecule has 1 aromatic carbocycles. The molecular weight excluding hydrogens is 274 g/mol. The van der Waals surface area contributed by atoms with Crippen LogP contribution in [0.4, 0.5) is 5.82 Å². The fourth-order valence-electron chi connectivity index (χ4n) is 2.19. The van der Waals surface area contributed by atoms with E-state index < -0.39 is 0 Å². The van der Waals surface area contributed by atoms with Crippen molar-refractivity contribution in [1.82, 2.24) is 20.2 Å². The van der Waals surface area contributed by atoms with Crippen LogP contribution in [0.1, 0.15) is 24.9 Å². The van der Waals surface area contributed by atoms with Crippen molar-refractivity contribution in [2.45, 2.75) is 19.4 Å². The van der Waals surface area contributed by atoms with E-state index in [-0.39, 0.29) is 11.3 Å². The Morgan fingerprint density at radius 3 is 2.80 bits per heavy atom. The average molecular weight is 288 g/mol. The van der Waals surface area contributed by atoms with Crippen molar-refractivity contribution >= 4 is 28.5 Å². The van der Waals surface area contributed by atoms with Gasteiger partial charge in [-0.05, 0) is 23.6 Å². The summed E-state index contributed by atoms with van der Waals surface area (Å²) in [5.41, 5.74) is 1.84. The van der Waals surface area contributed by atoms with E-state index in [1.54, 1.807) is 6.20 Å². The molecule has 3 rings (SSSR count). The van der Waals surface area contributed by atoms with Crippen LogP contribution in [0, 0.1) is 0 Å². The number of anilines is 1. The Hall–Kier alpha value is -2.14. The third-order valence-corrected chi connectivity index (χ3v) is 3.37. The van der Waals surface area contributed by atoms with Crippen molar-refractivity contribution in [3.05, 3.63) is 47.4 Å². The molecule has 0 radical (unpaired) electrons. The Morgan fingerprint density at radius 1 is 1.25 bits per heavy atom. The minimum Gasteiger partial charge on any atom is -0.363 e. The molecule has 0 saturated carbocycles. The molecule has 0 spiro atoms. The van der Waals surface area contributed by atoms with Crippen LogP contribution in [-0.2, 0) is 0 Å². The molecule has 3 aromatic rings. The predicted octanol–water partition coefficient (Wildman–Crippen LogP) is 3.57. The van der Waals surface area contributed by atoms with Crippen LogP contribution in [0.15, 0.2) is 36.5 Å². The van der Waals surface area contributed by atoms with Gasteiger partial charge < -0.3 is 5.32 Å². The highest BCUT2D eigenvalue weighted by molar-refractivity contribution is 6.28. The highest BCUT2D eigenvalue weighted by atomic mass is 35.5. The minimum absolute atomic E-state index is 0.167. The Balaban J connectivity index is 1.97. The Morgan fingerprint density at radius 2 is 2.05 bits per heavy atom. The summed E-state index contributed by atoms with van der Waals surface area (Å²) in [5, 5.41) is 11.2. The Bertz CT molecular complexity index is 710. The summed E-state index contributed by atoms with van der Waals surface area (Å²) in [7, 11) is 0. The van der Waals surface area contributed by atoms with Gasteiger partial charge in [0.05, 0.1) is 17.6 Å². The summed E-state index contributed by atoms with van der Waals surface area (Å²) < 4.78 is 0. The molecule has 0 aliphatic heterocycles. The summed E-state index contributed by atoms with van der Waals surface area (Å²) in [6.07, 6.45) is 2.64. The van der Waals surface area contributed by atoms with Crippen molar-refractivity contribution in [1.29, 1.82) is 0 Å².